The first-order valence-electron chi connectivity index (χ1n) is 11.7. The fourth-order valence-electron chi connectivity index (χ4n) is 4.16. The van der Waals surface area contributed by atoms with Crippen molar-refractivity contribution in [2.75, 3.05) is 51.4 Å². The van der Waals surface area contributed by atoms with Gasteiger partial charge >= 0.3 is 6.03 Å². The van der Waals surface area contributed by atoms with Gasteiger partial charge in [0.25, 0.3) is 0 Å². The summed E-state index contributed by atoms with van der Waals surface area (Å²) in [7, 11) is 1.60. The lowest BCUT2D eigenvalue weighted by Crippen LogP contribution is -2.49. The minimum absolute atomic E-state index is 0.180. The number of aromatic nitrogens is 1. The second-order valence-electron chi connectivity index (χ2n) is 7.94. The highest BCUT2D eigenvalue weighted by Gasteiger charge is 2.32. The molecule has 0 radical (unpaired) electrons. The van der Waals surface area contributed by atoms with Crippen molar-refractivity contribution in [1.82, 2.24) is 20.5 Å². The summed E-state index contributed by atoms with van der Waals surface area (Å²) in [6.45, 7) is 8.64. The Hall–Kier alpha value is -2.88. The number of nitrogens with one attached hydrogen (secondary N) is 3. The summed E-state index contributed by atoms with van der Waals surface area (Å²) in [4.78, 5) is 19.9. The van der Waals surface area contributed by atoms with Crippen molar-refractivity contribution in [1.29, 1.82) is 5.41 Å². The highest BCUT2D eigenvalue weighted by atomic mass is 19.1. The Morgan fingerprint density at radius 2 is 1.97 bits per heavy atom. The second-order valence-corrected chi connectivity index (χ2v) is 7.94. The number of amides is 2. The molecule has 1 aromatic heterocycles. The van der Waals surface area contributed by atoms with Crippen molar-refractivity contribution in [2.24, 2.45) is 0 Å². The summed E-state index contributed by atoms with van der Waals surface area (Å²) < 4.78 is 25.3. The molecule has 33 heavy (non-hydrogen) atoms. The fourth-order valence-corrected chi connectivity index (χ4v) is 4.16. The summed E-state index contributed by atoms with van der Waals surface area (Å²) >= 11 is 0. The van der Waals surface area contributed by atoms with Crippen molar-refractivity contribution >= 4 is 17.6 Å². The third-order valence-corrected chi connectivity index (χ3v) is 5.94. The molecule has 0 atom stereocenters. The van der Waals surface area contributed by atoms with Gasteiger partial charge in [0.05, 0.1) is 18.8 Å². The molecule has 0 unspecified atom stereocenters. The molecule has 3 N–H and O–H groups in total. The first kappa shape index (κ1) is 24.8. The Kier molecular flexibility index (Phi) is 8.49. The molecule has 4 rings (SSSR count). The Morgan fingerprint density at radius 1 is 1.24 bits per heavy atom. The predicted molar refractivity (Wildman–Crippen MR) is 125 cm³/mol. The number of carbonyl (C=O) groups is 1. The minimum atomic E-state index is -0.438. The molecular weight excluding hydrogens is 427 g/mol. The van der Waals surface area contributed by atoms with Crippen LogP contribution in [-0.4, -0.2) is 74.3 Å². The maximum Gasteiger partial charge on any atom is 0.317 e. The second kappa shape index (κ2) is 11.3. The summed E-state index contributed by atoms with van der Waals surface area (Å²) in [5.41, 5.74) is 2.40. The number of aryl methyl sites for hydroxylation is 1. The molecule has 3 aliphatic rings. The van der Waals surface area contributed by atoms with Gasteiger partial charge < -0.3 is 29.9 Å². The Labute approximate surface area is 194 Å². The van der Waals surface area contributed by atoms with Crippen LogP contribution in [0.1, 0.15) is 38.8 Å². The van der Waals surface area contributed by atoms with E-state index in [1.54, 1.807) is 23.8 Å². The zero-order chi connectivity index (χ0) is 24.0. The average Bonchev–Trinajstić information content (AvgIpc) is 2.85. The lowest BCUT2D eigenvalue weighted by Gasteiger charge is -2.37. The molecule has 0 spiro atoms. The van der Waals surface area contributed by atoms with Crippen LogP contribution < -0.4 is 20.3 Å². The summed E-state index contributed by atoms with van der Waals surface area (Å²) in [5, 5.41) is 15.3. The van der Waals surface area contributed by atoms with Crippen LogP contribution in [-0.2, 0) is 4.74 Å². The lowest BCUT2D eigenvalue weighted by molar-refractivity contribution is 0.0798. The molecule has 1 aromatic rings. The third-order valence-electron chi connectivity index (χ3n) is 5.94. The molecule has 3 aliphatic heterocycles. The van der Waals surface area contributed by atoms with Gasteiger partial charge in [0, 0.05) is 56.6 Å². The first-order valence-corrected chi connectivity index (χ1v) is 11.7. The highest BCUT2D eigenvalue weighted by Crippen LogP contribution is 2.33. The Balaban J connectivity index is 0.00000149. The van der Waals surface area contributed by atoms with Crippen LogP contribution in [0.4, 0.5) is 14.9 Å². The van der Waals surface area contributed by atoms with Crippen molar-refractivity contribution < 1.29 is 18.7 Å². The number of fused-ring (bicyclic) bond motifs is 1. The largest absolute Gasteiger partial charge is 0.474 e. The molecule has 0 aliphatic carbocycles. The van der Waals surface area contributed by atoms with Crippen molar-refractivity contribution in [3.63, 3.8) is 0 Å². The van der Waals surface area contributed by atoms with E-state index in [9.17, 15) is 9.18 Å². The van der Waals surface area contributed by atoms with Gasteiger partial charge in [-0.1, -0.05) is 13.8 Å². The van der Waals surface area contributed by atoms with E-state index >= 15 is 0 Å². The quantitative estimate of drug-likeness (QED) is 0.472. The molecule has 2 amide bonds. The molecule has 0 bridgehead atoms. The summed E-state index contributed by atoms with van der Waals surface area (Å²) in [5.74, 6) is 0.124. The van der Waals surface area contributed by atoms with Crippen LogP contribution in [0.15, 0.2) is 17.3 Å². The average molecular weight is 463 g/mol. The van der Waals surface area contributed by atoms with Crippen LogP contribution in [0.5, 0.6) is 5.88 Å². The van der Waals surface area contributed by atoms with Crippen molar-refractivity contribution in [2.45, 2.75) is 46.1 Å². The highest BCUT2D eigenvalue weighted by molar-refractivity contribution is 6.09. The number of amidine groups is 1. The van der Waals surface area contributed by atoms with Crippen LogP contribution >= 0.6 is 0 Å². The number of anilines is 1. The molecule has 0 saturated carbocycles. The molecule has 0 aromatic carbocycles. The van der Waals surface area contributed by atoms with Gasteiger partial charge in [-0.25, -0.2) is 14.2 Å². The van der Waals surface area contributed by atoms with Gasteiger partial charge in [0.1, 0.15) is 23.9 Å². The maximum absolute atomic E-state index is 14.3. The van der Waals surface area contributed by atoms with Crippen LogP contribution in [0, 0.1) is 18.2 Å². The van der Waals surface area contributed by atoms with Crippen molar-refractivity contribution in [3.05, 3.63) is 28.8 Å². The van der Waals surface area contributed by atoms with E-state index in [2.05, 4.69) is 15.6 Å². The molecule has 9 nitrogen and oxygen atoms in total. The number of halogens is 1. The topological polar surface area (TPSA) is 103 Å². The van der Waals surface area contributed by atoms with E-state index in [1.165, 1.54) is 6.07 Å². The predicted octanol–water partition coefficient (Wildman–Crippen LogP) is 2.80. The first-order chi connectivity index (χ1) is 16.0. The SMILES string of the molecule is CC.CNC(=O)N1CCC(NC2CCOCC2)=C(C(=N)N2CCOc3nc(C)c(F)cc32)C1. The molecule has 1 saturated heterocycles. The Bertz CT molecular complexity index is 900. The molecule has 182 valence electrons. The number of rotatable bonds is 3. The van der Waals surface area contributed by atoms with Gasteiger partial charge in [-0.15, -0.1) is 0 Å². The smallest absolute Gasteiger partial charge is 0.317 e. The standard InChI is InChI=1S/C21H29FN6O3.C2H6/c1-13-16(22)11-18-20(25-13)31-10-7-28(18)19(23)15-12-27(21(29)24-2)6-3-17(15)26-14-4-8-30-9-5-14;1-2/h11,14,23,26H,3-10,12H2,1-2H3,(H,24,29);1-2H3. The number of urea groups is 1. The van der Waals surface area contributed by atoms with E-state index in [1.807, 2.05) is 13.8 Å². The number of pyridine rings is 1. The number of ether oxygens (including phenoxy) is 2. The van der Waals surface area contributed by atoms with Crippen LogP contribution in [0.25, 0.3) is 0 Å². The molecule has 4 heterocycles. The minimum Gasteiger partial charge on any atom is -0.474 e. The van der Waals surface area contributed by atoms with Gasteiger partial charge in [-0.2, -0.15) is 0 Å². The zero-order valence-electron chi connectivity index (χ0n) is 20.0. The van der Waals surface area contributed by atoms with E-state index in [-0.39, 0.29) is 23.6 Å². The monoisotopic (exact) mass is 462 g/mol. The fraction of sp³-hybridized carbons (Fsp3) is 0.609. The van der Waals surface area contributed by atoms with Gasteiger partial charge in [0.2, 0.25) is 5.88 Å². The van der Waals surface area contributed by atoms with Crippen LogP contribution in [0.3, 0.4) is 0 Å². The normalized spacial score (nSPS) is 18.6. The van der Waals surface area contributed by atoms with E-state index in [4.69, 9.17) is 14.9 Å². The number of carbonyl (C=O) groups excluding carboxylic acids is 1. The van der Waals surface area contributed by atoms with Crippen LogP contribution in [0.2, 0.25) is 0 Å². The van der Waals surface area contributed by atoms with Gasteiger partial charge in [-0.3, -0.25) is 5.41 Å². The molecular formula is C23H35FN6O3. The summed E-state index contributed by atoms with van der Waals surface area (Å²) in [6, 6.07) is 1.47. The zero-order valence-corrected chi connectivity index (χ0v) is 20.0. The maximum atomic E-state index is 14.3. The van der Waals surface area contributed by atoms with Crippen molar-refractivity contribution in [3.8, 4) is 5.88 Å². The van der Waals surface area contributed by atoms with E-state index in [0.717, 1.165) is 24.1 Å². The molecule has 10 heteroatoms. The third kappa shape index (κ3) is 5.55. The Morgan fingerprint density at radius 3 is 2.67 bits per heavy atom. The summed E-state index contributed by atoms with van der Waals surface area (Å²) in [6.07, 6.45) is 2.43. The number of hydrogen-bond acceptors (Lipinski definition) is 6. The number of nitrogens with zero attached hydrogens (tertiary/aromatic N) is 3. The van der Waals surface area contributed by atoms with Gasteiger partial charge in [-0.05, 0) is 19.8 Å². The van der Waals surface area contributed by atoms with E-state index in [0.29, 0.717) is 57.4 Å². The molecule has 1 fully saturated rings. The number of hydrogen-bond donors (Lipinski definition) is 3. The lowest BCUT2D eigenvalue weighted by atomic mass is 10.0. The van der Waals surface area contributed by atoms with Gasteiger partial charge in [0.15, 0.2) is 0 Å². The van der Waals surface area contributed by atoms with E-state index < -0.39 is 5.82 Å².